The fourth-order valence-electron chi connectivity index (χ4n) is 2.92. The van der Waals surface area contributed by atoms with Crippen LogP contribution in [0, 0.1) is 10.1 Å². The monoisotopic (exact) mass is 386 g/mol. The van der Waals surface area contributed by atoms with Crippen LogP contribution in [0.2, 0.25) is 0 Å². The van der Waals surface area contributed by atoms with Crippen molar-refractivity contribution in [3.8, 4) is 16.9 Å². The molecule has 4 aromatic rings. The van der Waals surface area contributed by atoms with Gasteiger partial charge in [0.05, 0.1) is 17.7 Å². The number of hydrogen-bond acceptors (Lipinski definition) is 5. The summed E-state index contributed by atoms with van der Waals surface area (Å²) in [6, 6.07) is 24.5. The Balaban J connectivity index is 1.34. The molecule has 144 valence electrons. The summed E-state index contributed by atoms with van der Waals surface area (Å²) in [6.45, 7) is 0.793. The summed E-state index contributed by atoms with van der Waals surface area (Å²) in [5, 5.41) is 18.9. The van der Waals surface area contributed by atoms with Gasteiger partial charge in [-0.2, -0.15) is 0 Å². The van der Waals surface area contributed by atoms with Gasteiger partial charge in [-0.1, -0.05) is 59.8 Å². The molecule has 0 saturated heterocycles. The van der Waals surface area contributed by atoms with Gasteiger partial charge >= 0.3 is 0 Å². The minimum atomic E-state index is -0.416. The van der Waals surface area contributed by atoms with E-state index in [1.807, 2.05) is 42.5 Å². The maximum Gasteiger partial charge on any atom is 0.269 e. The number of non-ortho nitro benzene ring substituents is 1. The van der Waals surface area contributed by atoms with E-state index >= 15 is 0 Å². The predicted octanol–water partition coefficient (Wildman–Crippen LogP) is 4.48. The summed E-state index contributed by atoms with van der Waals surface area (Å²) in [7, 11) is 0. The molecule has 1 heterocycles. The fourth-order valence-corrected chi connectivity index (χ4v) is 2.92. The minimum absolute atomic E-state index is 0.0692. The first-order valence-electron chi connectivity index (χ1n) is 9.08. The SMILES string of the molecule is O=[N+]([O-])c1ccc(Cn2cc(COc3ccc(-c4ccccc4)cc3)nn2)cc1. The van der Waals surface area contributed by atoms with Gasteiger partial charge in [0.2, 0.25) is 0 Å². The van der Waals surface area contributed by atoms with Gasteiger partial charge in [0, 0.05) is 12.1 Å². The van der Waals surface area contributed by atoms with Gasteiger partial charge < -0.3 is 4.74 Å². The van der Waals surface area contributed by atoms with Crippen LogP contribution in [0.15, 0.2) is 85.1 Å². The number of nitro groups is 1. The Hall–Kier alpha value is -4.00. The van der Waals surface area contributed by atoms with Crippen molar-refractivity contribution < 1.29 is 9.66 Å². The van der Waals surface area contributed by atoms with E-state index in [4.69, 9.17) is 4.74 Å². The highest BCUT2D eigenvalue weighted by Crippen LogP contribution is 2.22. The molecule has 0 radical (unpaired) electrons. The van der Waals surface area contributed by atoms with Crippen molar-refractivity contribution in [2.24, 2.45) is 0 Å². The summed E-state index contributed by atoms with van der Waals surface area (Å²) in [4.78, 5) is 10.3. The average Bonchev–Trinajstić information content (AvgIpc) is 3.21. The van der Waals surface area contributed by atoms with Gasteiger partial charge in [0.25, 0.3) is 5.69 Å². The average molecular weight is 386 g/mol. The first kappa shape index (κ1) is 18.4. The van der Waals surface area contributed by atoms with Crippen LogP contribution in [-0.4, -0.2) is 19.9 Å². The van der Waals surface area contributed by atoms with Crippen LogP contribution in [0.3, 0.4) is 0 Å². The van der Waals surface area contributed by atoms with E-state index in [2.05, 4.69) is 22.4 Å². The molecule has 0 spiro atoms. The quantitative estimate of drug-likeness (QED) is 0.345. The van der Waals surface area contributed by atoms with Crippen LogP contribution >= 0.6 is 0 Å². The molecule has 0 aliphatic heterocycles. The summed E-state index contributed by atoms with van der Waals surface area (Å²) >= 11 is 0. The van der Waals surface area contributed by atoms with Gasteiger partial charge in [0.1, 0.15) is 18.1 Å². The molecule has 0 N–H and O–H groups in total. The molecule has 0 fully saturated rings. The third-order valence-electron chi connectivity index (χ3n) is 4.43. The lowest BCUT2D eigenvalue weighted by molar-refractivity contribution is -0.384. The molecule has 0 bridgehead atoms. The number of nitro benzene ring substituents is 1. The molecule has 0 saturated carbocycles. The Bertz CT molecular complexity index is 1090. The third kappa shape index (κ3) is 4.65. The van der Waals surface area contributed by atoms with Crippen molar-refractivity contribution in [2.75, 3.05) is 0 Å². The van der Waals surface area contributed by atoms with Crippen LogP contribution in [0.1, 0.15) is 11.3 Å². The lowest BCUT2D eigenvalue weighted by Gasteiger charge is -2.06. The molecular weight excluding hydrogens is 368 g/mol. The first-order chi connectivity index (χ1) is 14.2. The van der Waals surface area contributed by atoms with E-state index in [1.54, 1.807) is 23.0 Å². The molecule has 0 unspecified atom stereocenters. The second kappa shape index (κ2) is 8.35. The van der Waals surface area contributed by atoms with Crippen molar-refractivity contribution in [1.29, 1.82) is 0 Å². The second-order valence-corrected chi connectivity index (χ2v) is 6.51. The number of benzene rings is 3. The molecule has 4 rings (SSSR count). The van der Waals surface area contributed by atoms with E-state index in [9.17, 15) is 10.1 Å². The number of aromatic nitrogens is 3. The molecule has 29 heavy (non-hydrogen) atoms. The van der Waals surface area contributed by atoms with Crippen LogP contribution < -0.4 is 4.74 Å². The Morgan fingerprint density at radius 3 is 2.28 bits per heavy atom. The zero-order chi connectivity index (χ0) is 20.1. The topological polar surface area (TPSA) is 83.1 Å². The van der Waals surface area contributed by atoms with Crippen LogP contribution in [0.25, 0.3) is 11.1 Å². The van der Waals surface area contributed by atoms with E-state index in [0.717, 1.165) is 22.4 Å². The highest BCUT2D eigenvalue weighted by Gasteiger charge is 2.06. The van der Waals surface area contributed by atoms with Crippen molar-refractivity contribution in [1.82, 2.24) is 15.0 Å². The van der Waals surface area contributed by atoms with Crippen LogP contribution in [0.5, 0.6) is 5.75 Å². The minimum Gasteiger partial charge on any atom is -0.487 e. The highest BCUT2D eigenvalue weighted by atomic mass is 16.6. The largest absolute Gasteiger partial charge is 0.487 e. The molecule has 7 nitrogen and oxygen atoms in total. The zero-order valence-electron chi connectivity index (χ0n) is 15.5. The molecule has 3 aromatic carbocycles. The van der Waals surface area contributed by atoms with Crippen LogP contribution in [0.4, 0.5) is 5.69 Å². The van der Waals surface area contributed by atoms with E-state index in [-0.39, 0.29) is 5.69 Å². The number of nitrogens with zero attached hydrogens (tertiary/aromatic N) is 4. The zero-order valence-corrected chi connectivity index (χ0v) is 15.5. The van der Waals surface area contributed by atoms with Gasteiger partial charge in [-0.3, -0.25) is 10.1 Å². The van der Waals surface area contributed by atoms with Crippen molar-refractivity contribution in [2.45, 2.75) is 13.2 Å². The molecular formula is C22H18N4O3. The maximum atomic E-state index is 10.7. The lowest BCUT2D eigenvalue weighted by Crippen LogP contribution is -2.00. The normalized spacial score (nSPS) is 10.6. The number of hydrogen-bond donors (Lipinski definition) is 0. The Morgan fingerprint density at radius 1 is 0.897 bits per heavy atom. The lowest BCUT2D eigenvalue weighted by atomic mass is 10.1. The van der Waals surface area contributed by atoms with Crippen molar-refractivity contribution >= 4 is 5.69 Å². The van der Waals surface area contributed by atoms with Gasteiger partial charge in [-0.05, 0) is 28.8 Å². The highest BCUT2D eigenvalue weighted by molar-refractivity contribution is 5.63. The maximum absolute atomic E-state index is 10.7. The number of ether oxygens (including phenoxy) is 1. The molecule has 0 aliphatic carbocycles. The van der Waals surface area contributed by atoms with E-state index in [1.165, 1.54) is 12.1 Å². The fraction of sp³-hybridized carbons (Fsp3) is 0.0909. The smallest absolute Gasteiger partial charge is 0.269 e. The summed E-state index contributed by atoms with van der Waals surface area (Å²) in [5.74, 6) is 0.759. The van der Waals surface area contributed by atoms with Gasteiger partial charge in [-0.15, -0.1) is 5.10 Å². The molecule has 0 aliphatic rings. The van der Waals surface area contributed by atoms with Crippen molar-refractivity contribution in [3.05, 3.63) is 106 Å². The summed E-state index contributed by atoms with van der Waals surface area (Å²) in [6.07, 6.45) is 1.81. The Kier molecular flexibility index (Phi) is 5.29. The first-order valence-corrected chi connectivity index (χ1v) is 9.08. The molecule has 1 aromatic heterocycles. The van der Waals surface area contributed by atoms with Crippen molar-refractivity contribution in [3.63, 3.8) is 0 Å². The van der Waals surface area contributed by atoms with Gasteiger partial charge in [0.15, 0.2) is 0 Å². The molecule has 0 amide bonds. The third-order valence-corrected chi connectivity index (χ3v) is 4.43. The Labute approximate surface area is 167 Å². The Morgan fingerprint density at radius 2 is 1.59 bits per heavy atom. The van der Waals surface area contributed by atoms with E-state index < -0.39 is 4.92 Å². The summed E-state index contributed by atoms with van der Waals surface area (Å²) in [5.41, 5.74) is 3.98. The van der Waals surface area contributed by atoms with E-state index in [0.29, 0.717) is 18.8 Å². The molecule has 7 heteroatoms. The summed E-state index contributed by atoms with van der Waals surface area (Å²) < 4.78 is 7.48. The standard InChI is InChI=1S/C22H18N4O3/c27-26(28)21-10-6-17(7-11-21)14-25-15-20(23-24-25)16-29-22-12-8-19(9-13-22)18-4-2-1-3-5-18/h1-13,15H,14,16H2. The molecule has 0 atom stereocenters. The van der Waals surface area contributed by atoms with Gasteiger partial charge in [-0.25, -0.2) is 4.68 Å². The predicted molar refractivity (Wildman–Crippen MR) is 108 cm³/mol. The second-order valence-electron chi connectivity index (χ2n) is 6.51. The van der Waals surface area contributed by atoms with Crippen LogP contribution in [-0.2, 0) is 13.2 Å². The number of rotatable bonds is 7.